The SMILES string of the molecule is COc1ccc(N[C@H](C)C(=O)N/N=C/c2ccccc2O)cc1. The number of ether oxygens (including phenoxy) is 1. The van der Waals surface area contributed by atoms with Crippen LogP contribution in [0.3, 0.4) is 0 Å². The van der Waals surface area contributed by atoms with Crippen LogP contribution in [0.5, 0.6) is 11.5 Å². The molecule has 3 N–H and O–H groups in total. The second-order valence-electron chi connectivity index (χ2n) is 4.89. The molecule has 2 aromatic rings. The number of phenolic OH excluding ortho intramolecular Hbond substituents is 1. The Balaban J connectivity index is 1.88. The highest BCUT2D eigenvalue weighted by Gasteiger charge is 2.11. The molecule has 1 amide bonds. The fraction of sp³-hybridized carbons (Fsp3) is 0.176. The molecule has 1 atom stereocenters. The molecular formula is C17H19N3O3. The van der Waals surface area contributed by atoms with Gasteiger partial charge in [-0.15, -0.1) is 0 Å². The molecular weight excluding hydrogens is 294 g/mol. The quantitative estimate of drug-likeness (QED) is 0.565. The van der Waals surface area contributed by atoms with Crippen molar-refractivity contribution in [3.05, 3.63) is 54.1 Å². The first kappa shape index (κ1) is 16.4. The van der Waals surface area contributed by atoms with Crippen molar-refractivity contribution in [1.82, 2.24) is 5.43 Å². The van der Waals surface area contributed by atoms with Gasteiger partial charge in [-0.25, -0.2) is 5.43 Å². The molecule has 0 aliphatic heterocycles. The first-order chi connectivity index (χ1) is 11.1. The smallest absolute Gasteiger partial charge is 0.262 e. The molecule has 6 heteroatoms. The summed E-state index contributed by atoms with van der Waals surface area (Å²) in [5.74, 6) is 0.572. The summed E-state index contributed by atoms with van der Waals surface area (Å²) in [6, 6.07) is 13.5. The Morgan fingerprint density at radius 1 is 1.22 bits per heavy atom. The van der Waals surface area contributed by atoms with Crippen LogP contribution < -0.4 is 15.5 Å². The third kappa shape index (κ3) is 4.74. The number of amides is 1. The summed E-state index contributed by atoms with van der Waals surface area (Å²) in [6.07, 6.45) is 1.40. The summed E-state index contributed by atoms with van der Waals surface area (Å²) < 4.78 is 5.08. The van der Waals surface area contributed by atoms with Gasteiger partial charge in [-0.3, -0.25) is 4.79 Å². The predicted octanol–water partition coefficient (Wildman–Crippen LogP) is 2.35. The van der Waals surface area contributed by atoms with E-state index in [9.17, 15) is 9.90 Å². The highest BCUT2D eigenvalue weighted by molar-refractivity contribution is 5.87. The lowest BCUT2D eigenvalue weighted by atomic mass is 10.2. The van der Waals surface area contributed by atoms with E-state index in [2.05, 4.69) is 15.8 Å². The number of aromatic hydroxyl groups is 1. The first-order valence-electron chi connectivity index (χ1n) is 7.11. The van der Waals surface area contributed by atoms with Gasteiger partial charge >= 0.3 is 0 Å². The molecule has 23 heavy (non-hydrogen) atoms. The molecule has 120 valence electrons. The standard InChI is InChI=1S/C17H19N3O3/c1-12(19-14-7-9-15(23-2)10-8-14)17(22)20-18-11-13-5-3-4-6-16(13)21/h3-12,19,21H,1-2H3,(H,20,22)/b18-11+/t12-/m1/s1. The van der Waals surface area contributed by atoms with Crippen LogP contribution in [0.2, 0.25) is 0 Å². The third-order valence-corrected chi connectivity index (χ3v) is 3.18. The van der Waals surface area contributed by atoms with Gasteiger partial charge in [0.1, 0.15) is 17.5 Å². The molecule has 0 radical (unpaired) electrons. The number of benzene rings is 2. The van der Waals surface area contributed by atoms with E-state index in [0.29, 0.717) is 5.56 Å². The molecule has 0 saturated carbocycles. The second-order valence-corrected chi connectivity index (χ2v) is 4.89. The van der Waals surface area contributed by atoms with Crippen LogP contribution in [-0.4, -0.2) is 30.4 Å². The van der Waals surface area contributed by atoms with Crippen molar-refractivity contribution >= 4 is 17.8 Å². The Labute approximate surface area is 134 Å². The predicted molar refractivity (Wildman–Crippen MR) is 89.9 cm³/mol. The van der Waals surface area contributed by atoms with Gasteiger partial charge in [-0.1, -0.05) is 12.1 Å². The van der Waals surface area contributed by atoms with Crippen LogP contribution in [-0.2, 0) is 4.79 Å². The fourth-order valence-corrected chi connectivity index (χ4v) is 1.86. The van der Waals surface area contributed by atoms with Crippen molar-refractivity contribution in [3.8, 4) is 11.5 Å². The van der Waals surface area contributed by atoms with Crippen molar-refractivity contribution in [1.29, 1.82) is 0 Å². The number of carbonyl (C=O) groups excluding carboxylic acids is 1. The molecule has 0 saturated heterocycles. The maximum absolute atomic E-state index is 12.0. The summed E-state index contributed by atoms with van der Waals surface area (Å²) in [6.45, 7) is 1.73. The Morgan fingerprint density at radius 2 is 1.91 bits per heavy atom. The van der Waals surface area contributed by atoms with Crippen LogP contribution >= 0.6 is 0 Å². The number of nitrogens with zero attached hydrogens (tertiary/aromatic N) is 1. The van der Waals surface area contributed by atoms with Crippen molar-refractivity contribution in [2.24, 2.45) is 5.10 Å². The number of hydrogen-bond donors (Lipinski definition) is 3. The molecule has 0 aliphatic rings. The number of rotatable bonds is 6. The minimum Gasteiger partial charge on any atom is -0.507 e. The molecule has 0 spiro atoms. The third-order valence-electron chi connectivity index (χ3n) is 3.18. The lowest BCUT2D eigenvalue weighted by Crippen LogP contribution is -2.34. The van der Waals surface area contributed by atoms with Crippen LogP contribution in [0.4, 0.5) is 5.69 Å². The van der Waals surface area contributed by atoms with Crippen molar-refractivity contribution in [3.63, 3.8) is 0 Å². The van der Waals surface area contributed by atoms with Gasteiger partial charge in [0.15, 0.2) is 0 Å². The maximum atomic E-state index is 12.0. The van der Waals surface area contributed by atoms with Crippen molar-refractivity contribution in [2.75, 3.05) is 12.4 Å². The maximum Gasteiger partial charge on any atom is 0.262 e. The topological polar surface area (TPSA) is 83.0 Å². The Bertz CT molecular complexity index is 684. The van der Waals surface area contributed by atoms with E-state index in [1.807, 2.05) is 24.3 Å². The molecule has 0 aromatic heterocycles. The van der Waals surface area contributed by atoms with Crippen LogP contribution in [0.15, 0.2) is 53.6 Å². The highest BCUT2D eigenvalue weighted by Crippen LogP contribution is 2.16. The van der Waals surface area contributed by atoms with Crippen molar-refractivity contribution < 1.29 is 14.6 Å². The summed E-state index contributed by atoms with van der Waals surface area (Å²) in [4.78, 5) is 12.0. The van der Waals surface area contributed by atoms with Crippen molar-refractivity contribution in [2.45, 2.75) is 13.0 Å². The van der Waals surface area contributed by atoms with Crippen LogP contribution in [0, 0.1) is 0 Å². The molecule has 0 heterocycles. The van der Waals surface area contributed by atoms with Gasteiger partial charge in [0.05, 0.1) is 13.3 Å². The minimum atomic E-state index is -0.468. The van der Waals surface area contributed by atoms with E-state index >= 15 is 0 Å². The van der Waals surface area contributed by atoms with Gasteiger partial charge in [0.25, 0.3) is 5.91 Å². The minimum absolute atomic E-state index is 0.106. The summed E-state index contributed by atoms with van der Waals surface area (Å²) >= 11 is 0. The highest BCUT2D eigenvalue weighted by atomic mass is 16.5. The van der Waals surface area contributed by atoms with Crippen LogP contribution in [0.25, 0.3) is 0 Å². The Hall–Kier alpha value is -3.02. The summed E-state index contributed by atoms with van der Waals surface area (Å²) in [5.41, 5.74) is 3.77. The van der Waals surface area contributed by atoms with E-state index in [4.69, 9.17) is 4.74 Å². The number of para-hydroxylation sites is 1. The van der Waals surface area contributed by atoms with Gasteiger partial charge in [-0.05, 0) is 43.3 Å². The number of hydrogen-bond acceptors (Lipinski definition) is 5. The van der Waals surface area contributed by atoms with Gasteiger partial charge < -0.3 is 15.2 Å². The molecule has 0 aliphatic carbocycles. The van der Waals surface area contributed by atoms with E-state index < -0.39 is 6.04 Å². The van der Waals surface area contributed by atoms with Gasteiger partial charge in [-0.2, -0.15) is 5.10 Å². The van der Waals surface area contributed by atoms with E-state index in [0.717, 1.165) is 11.4 Å². The molecule has 6 nitrogen and oxygen atoms in total. The lowest BCUT2D eigenvalue weighted by molar-refractivity contribution is -0.121. The normalized spacial score (nSPS) is 11.9. The summed E-state index contributed by atoms with van der Waals surface area (Å²) in [7, 11) is 1.60. The monoisotopic (exact) mass is 313 g/mol. The number of phenols is 1. The van der Waals surface area contributed by atoms with Gasteiger partial charge in [0, 0.05) is 11.3 Å². The zero-order valence-corrected chi connectivity index (χ0v) is 13.0. The number of anilines is 1. The average molecular weight is 313 g/mol. The molecule has 0 unspecified atom stereocenters. The Kier molecular flexibility index (Phi) is 5.57. The lowest BCUT2D eigenvalue weighted by Gasteiger charge is -2.13. The number of hydrazone groups is 1. The number of carbonyl (C=O) groups is 1. The van der Waals surface area contributed by atoms with Crippen LogP contribution in [0.1, 0.15) is 12.5 Å². The zero-order valence-electron chi connectivity index (χ0n) is 13.0. The van der Waals surface area contributed by atoms with Gasteiger partial charge in [0.2, 0.25) is 0 Å². The number of nitrogens with one attached hydrogen (secondary N) is 2. The van der Waals surface area contributed by atoms with E-state index in [1.54, 1.807) is 38.3 Å². The zero-order chi connectivity index (χ0) is 16.7. The molecule has 0 fully saturated rings. The first-order valence-corrected chi connectivity index (χ1v) is 7.11. The molecule has 0 bridgehead atoms. The largest absolute Gasteiger partial charge is 0.507 e. The van der Waals surface area contributed by atoms with E-state index in [-0.39, 0.29) is 11.7 Å². The second kappa shape index (κ2) is 7.84. The van der Waals surface area contributed by atoms with E-state index in [1.165, 1.54) is 6.21 Å². The fourth-order valence-electron chi connectivity index (χ4n) is 1.86. The average Bonchev–Trinajstić information content (AvgIpc) is 2.57. The number of methoxy groups -OCH3 is 1. The summed E-state index contributed by atoms with van der Waals surface area (Å²) in [5, 5.41) is 16.5. The molecule has 2 aromatic carbocycles. The molecule has 2 rings (SSSR count). The Morgan fingerprint density at radius 3 is 2.57 bits per heavy atom.